The van der Waals surface area contributed by atoms with Crippen LogP contribution in [-0.4, -0.2) is 19.6 Å². The van der Waals surface area contributed by atoms with Crippen LogP contribution in [0.4, 0.5) is 10.1 Å². The molecule has 108 valence electrons. The van der Waals surface area contributed by atoms with Gasteiger partial charge in [0.2, 0.25) is 0 Å². The number of benzene rings is 1. The molecule has 0 aromatic heterocycles. The summed E-state index contributed by atoms with van der Waals surface area (Å²) in [7, 11) is 1.96. The number of unbranched alkanes of at least 4 members (excludes halogenated alkanes) is 2. The fourth-order valence-corrected chi connectivity index (χ4v) is 2.01. The van der Waals surface area contributed by atoms with E-state index in [-0.39, 0.29) is 5.82 Å². The van der Waals surface area contributed by atoms with E-state index in [9.17, 15) is 4.39 Å². The van der Waals surface area contributed by atoms with Crippen LogP contribution in [0.15, 0.2) is 18.2 Å². The third-order valence-corrected chi connectivity index (χ3v) is 3.23. The summed E-state index contributed by atoms with van der Waals surface area (Å²) in [5, 5.41) is 3.30. The molecular weight excluding hydrogens is 239 g/mol. The van der Waals surface area contributed by atoms with Crippen LogP contribution in [0.3, 0.4) is 0 Å². The summed E-state index contributed by atoms with van der Waals surface area (Å²) in [4.78, 5) is 2.00. The van der Waals surface area contributed by atoms with E-state index in [2.05, 4.69) is 26.1 Å². The van der Waals surface area contributed by atoms with Gasteiger partial charge in [0.05, 0.1) is 5.69 Å². The maximum atomic E-state index is 14.1. The van der Waals surface area contributed by atoms with Gasteiger partial charge in [-0.15, -0.1) is 0 Å². The summed E-state index contributed by atoms with van der Waals surface area (Å²) >= 11 is 0. The monoisotopic (exact) mass is 266 g/mol. The predicted molar refractivity (Wildman–Crippen MR) is 81.2 cm³/mol. The van der Waals surface area contributed by atoms with Crippen LogP contribution in [0.25, 0.3) is 0 Å². The maximum Gasteiger partial charge on any atom is 0.146 e. The first-order valence-electron chi connectivity index (χ1n) is 7.27. The third kappa shape index (κ3) is 5.60. The van der Waals surface area contributed by atoms with Gasteiger partial charge in [-0.05, 0) is 24.1 Å². The Balaban J connectivity index is 2.60. The van der Waals surface area contributed by atoms with Crippen molar-refractivity contribution < 1.29 is 4.39 Å². The molecule has 1 aromatic carbocycles. The number of nitrogens with zero attached hydrogens (tertiary/aromatic N) is 1. The highest BCUT2D eigenvalue weighted by molar-refractivity contribution is 5.48. The zero-order valence-corrected chi connectivity index (χ0v) is 12.7. The molecule has 0 saturated carbocycles. The van der Waals surface area contributed by atoms with E-state index in [1.165, 1.54) is 12.8 Å². The molecule has 0 radical (unpaired) electrons. The Morgan fingerprint density at radius 2 is 2.00 bits per heavy atom. The van der Waals surface area contributed by atoms with Crippen molar-refractivity contribution in [3.8, 4) is 0 Å². The van der Waals surface area contributed by atoms with E-state index in [1.54, 1.807) is 6.07 Å². The zero-order valence-electron chi connectivity index (χ0n) is 12.7. The molecule has 0 amide bonds. The van der Waals surface area contributed by atoms with Gasteiger partial charge >= 0.3 is 0 Å². The summed E-state index contributed by atoms with van der Waals surface area (Å²) in [6, 6.07) is 5.95. The Hall–Kier alpha value is -1.09. The molecule has 3 heteroatoms. The van der Waals surface area contributed by atoms with E-state index in [1.807, 2.05) is 24.1 Å². The first-order valence-corrected chi connectivity index (χ1v) is 7.27. The Kier molecular flexibility index (Phi) is 6.85. The van der Waals surface area contributed by atoms with Gasteiger partial charge in [0, 0.05) is 26.2 Å². The average Bonchev–Trinajstić information content (AvgIpc) is 2.36. The van der Waals surface area contributed by atoms with Crippen molar-refractivity contribution in [2.45, 2.75) is 52.6 Å². The van der Waals surface area contributed by atoms with Gasteiger partial charge in [0.15, 0.2) is 0 Å². The lowest BCUT2D eigenvalue weighted by Crippen LogP contribution is -2.22. The topological polar surface area (TPSA) is 15.3 Å². The van der Waals surface area contributed by atoms with Gasteiger partial charge in [-0.3, -0.25) is 0 Å². The largest absolute Gasteiger partial charge is 0.372 e. The number of hydrogen-bond acceptors (Lipinski definition) is 2. The average molecular weight is 266 g/mol. The van der Waals surface area contributed by atoms with Crippen molar-refractivity contribution in [3.63, 3.8) is 0 Å². The van der Waals surface area contributed by atoms with Crippen LogP contribution in [0.5, 0.6) is 0 Å². The molecule has 1 aromatic rings. The predicted octanol–water partition coefficient (Wildman–Crippen LogP) is 3.95. The van der Waals surface area contributed by atoms with E-state index >= 15 is 0 Å². The summed E-state index contributed by atoms with van der Waals surface area (Å²) in [5.74, 6) is -0.123. The van der Waals surface area contributed by atoms with Crippen LogP contribution in [0, 0.1) is 5.82 Å². The summed E-state index contributed by atoms with van der Waals surface area (Å²) in [5.41, 5.74) is 1.70. The molecule has 19 heavy (non-hydrogen) atoms. The standard InChI is InChI=1S/C16H27FN2/c1-5-6-7-10-19(4)16-9-8-14(11-15(16)17)12-18-13(2)3/h8-9,11,13,18H,5-7,10,12H2,1-4H3. The molecule has 0 spiro atoms. The van der Waals surface area contributed by atoms with Gasteiger partial charge < -0.3 is 10.2 Å². The smallest absolute Gasteiger partial charge is 0.146 e. The summed E-state index contributed by atoms with van der Waals surface area (Å²) in [6.07, 6.45) is 3.50. The number of rotatable bonds is 8. The second-order valence-corrected chi connectivity index (χ2v) is 5.45. The molecule has 2 nitrogen and oxygen atoms in total. The fraction of sp³-hybridized carbons (Fsp3) is 0.625. The lowest BCUT2D eigenvalue weighted by atomic mass is 10.1. The minimum atomic E-state index is -0.123. The Bertz CT molecular complexity index is 377. The second kappa shape index (κ2) is 8.16. The molecule has 0 bridgehead atoms. The highest BCUT2D eigenvalue weighted by Crippen LogP contribution is 2.20. The van der Waals surface area contributed by atoms with Crippen LogP contribution in [-0.2, 0) is 6.54 Å². The van der Waals surface area contributed by atoms with Crippen molar-refractivity contribution in [3.05, 3.63) is 29.6 Å². The number of hydrogen-bond donors (Lipinski definition) is 1. The van der Waals surface area contributed by atoms with E-state index < -0.39 is 0 Å². The Morgan fingerprint density at radius 3 is 2.58 bits per heavy atom. The molecule has 0 heterocycles. The van der Waals surface area contributed by atoms with Gasteiger partial charge in [0.25, 0.3) is 0 Å². The van der Waals surface area contributed by atoms with Crippen LogP contribution < -0.4 is 10.2 Å². The molecule has 0 unspecified atom stereocenters. The Morgan fingerprint density at radius 1 is 1.26 bits per heavy atom. The van der Waals surface area contributed by atoms with Crippen LogP contribution in [0.1, 0.15) is 45.6 Å². The molecular formula is C16H27FN2. The second-order valence-electron chi connectivity index (χ2n) is 5.45. The molecule has 0 atom stereocenters. The molecule has 1 N–H and O–H groups in total. The highest BCUT2D eigenvalue weighted by Gasteiger charge is 2.08. The molecule has 0 aliphatic rings. The lowest BCUT2D eigenvalue weighted by molar-refractivity contribution is 0.580. The third-order valence-electron chi connectivity index (χ3n) is 3.23. The number of nitrogens with one attached hydrogen (secondary N) is 1. The Labute approximate surface area is 117 Å². The fourth-order valence-electron chi connectivity index (χ4n) is 2.01. The van der Waals surface area contributed by atoms with E-state index in [0.717, 1.165) is 18.5 Å². The van der Waals surface area contributed by atoms with Gasteiger partial charge in [0.1, 0.15) is 5.82 Å². The molecule has 0 aliphatic carbocycles. The van der Waals surface area contributed by atoms with Crippen LogP contribution >= 0.6 is 0 Å². The number of halogens is 1. The highest BCUT2D eigenvalue weighted by atomic mass is 19.1. The summed E-state index contributed by atoms with van der Waals surface area (Å²) < 4.78 is 14.1. The van der Waals surface area contributed by atoms with Gasteiger partial charge in [-0.2, -0.15) is 0 Å². The van der Waals surface area contributed by atoms with Crippen LogP contribution in [0.2, 0.25) is 0 Å². The lowest BCUT2D eigenvalue weighted by Gasteiger charge is -2.20. The van der Waals surface area contributed by atoms with Gasteiger partial charge in [-0.25, -0.2) is 4.39 Å². The zero-order chi connectivity index (χ0) is 14.3. The van der Waals surface area contributed by atoms with E-state index in [4.69, 9.17) is 0 Å². The molecule has 0 saturated heterocycles. The SMILES string of the molecule is CCCCCN(C)c1ccc(CNC(C)C)cc1F. The van der Waals surface area contributed by atoms with Crippen molar-refractivity contribution in [2.75, 3.05) is 18.5 Å². The normalized spacial score (nSPS) is 11.1. The van der Waals surface area contributed by atoms with Crippen molar-refractivity contribution in [2.24, 2.45) is 0 Å². The quantitative estimate of drug-likeness (QED) is 0.717. The van der Waals surface area contributed by atoms with Crippen molar-refractivity contribution in [1.82, 2.24) is 5.32 Å². The van der Waals surface area contributed by atoms with Crippen molar-refractivity contribution in [1.29, 1.82) is 0 Å². The number of anilines is 1. The van der Waals surface area contributed by atoms with Gasteiger partial charge in [-0.1, -0.05) is 39.7 Å². The van der Waals surface area contributed by atoms with E-state index in [0.29, 0.717) is 18.3 Å². The summed E-state index contributed by atoms with van der Waals surface area (Å²) in [6.45, 7) is 7.98. The molecule has 0 fully saturated rings. The molecule has 1 rings (SSSR count). The molecule has 0 aliphatic heterocycles. The minimum Gasteiger partial charge on any atom is -0.372 e. The first kappa shape index (κ1) is 16.0. The maximum absolute atomic E-state index is 14.1. The first-order chi connectivity index (χ1) is 9.04. The minimum absolute atomic E-state index is 0.123. The van der Waals surface area contributed by atoms with Crippen molar-refractivity contribution >= 4 is 5.69 Å².